The average molecular weight is 334 g/mol. The summed E-state index contributed by atoms with van der Waals surface area (Å²) in [5.41, 5.74) is 0. The molecule has 1 amide bonds. The van der Waals surface area contributed by atoms with Gasteiger partial charge in [0.2, 0.25) is 15.9 Å². The number of benzene rings is 2. The molecule has 2 rings (SSSR count). The van der Waals surface area contributed by atoms with Crippen molar-refractivity contribution in [1.82, 2.24) is 9.62 Å². The van der Waals surface area contributed by atoms with Crippen LogP contribution in [0.15, 0.2) is 47.4 Å². The van der Waals surface area contributed by atoms with E-state index in [0.29, 0.717) is 13.1 Å². The summed E-state index contributed by atoms with van der Waals surface area (Å²) in [7, 11) is -3.74. The van der Waals surface area contributed by atoms with Crippen LogP contribution in [0.1, 0.15) is 20.8 Å². The first kappa shape index (κ1) is 17.4. The van der Waals surface area contributed by atoms with E-state index in [9.17, 15) is 13.2 Å². The minimum Gasteiger partial charge on any atom is -0.342 e. The lowest BCUT2D eigenvalue weighted by Gasteiger charge is -2.23. The molecule has 0 aliphatic heterocycles. The fourth-order valence-electron chi connectivity index (χ4n) is 2.49. The maximum absolute atomic E-state index is 12.5. The summed E-state index contributed by atoms with van der Waals surface area (Å²) in [6, 6.07) is 11.7. The summed E-state index contributed by atoms with van der Waals surface area (Å²) in [6.45, 7) is 6.41. The molecule has 0 saturated carbocycles. The molecule has 1 atom stereocenters. The molecule has 0 fully saturated rings. The number of amides is 1. The lowest BCUT2D eigenvalue weighted by atomic mass is 10.1. The molecule has 2 aromatic rings. The molecular weight excluding hydrogens is 312 g/mol. The van der Waals surface area contributed by atoms with Crippen molar-refractivity contribution in [2.45, 2.75) is 31.7 Å². The molecular formula is C17H22N2O3S. The molecule has 5 nitrogen and oxygen atoms in total. The Morgan fingerprint density at radius 3 is 2.30 bits per heavy atom. The second-order valence-corrected chi connectivity index (χ2v) is 7.08. The predicted molar refractivity (Wildman–Crippen MR) is 91.7 cm³/mol. The van der Waals surface area contributed by atoms with Crippen molar-refractivity contribution in [3.63, 3.8) is 0 Å². The Morgan fingerprint density at radius 2 is 1.70 bits per heavy atom. The molecule has 124 valence electrons. The summed E-state index contributed by atoms with van der Waals surface area (Å²) in [6.07, 6.45) is 0. The van der Waals surface area contributed by atoms with Gasteiger partial charge < -0.3 is 4.90 Å². The molecule has 0 spiro atoms. The highest BCUT2D eigenvalue weighted by atomic mass is 32.2. The minimum atomic E-state index is -3.74. The van der Waals surface area contributed by atoms with Crippen LogP contribution in [0.5, 0.6) is 0 Å². The summed E-state index contributed by atoms with van der Waals surface area (Å²) in [5.74, 6) is -0.223. The third kappa shape index (κ3) is 3.89. The van der Waals surface area contributed by atoms with Gasteiger partial charge in [-0.15, -0.1) is 0 Å². The topological polar surface area (TPSA) is 66.5 Å². The maximum Gasteiger partial charge on any atom is 0.241 e. The highest BCUT2D eigenvalue weighted by Gasteiger charge is 2.24. The van der Waals surface area contributed by atoms with Gasteiger partial charge in [-0.25, -0.2) is 8.42 Å². The number of hydrogen-bond acceptors (Lipinski definition) is 3. The number of nitrogens with one attached hydrogen (secondary N) is 1. The lowest BCUT2D eigenvalue weighted by molar-refractivity contribution is -0.132. The molecule has 0 saturated heterocycles. The molecule has 0 unspecified atom stereocenters. The van der Waals surface area contributed by atoms with Gasteiger partial charge in [0, 0.05) is 13.1 Å². The fourth-order valence-corrected chi connectivity index (χ4v) is 3.73. The second-order valence-electron chi connectivity index (χ2n) is 5.36. The van der Waals surface area contributed by atoms with Crippen LogP contribution in [0.4, 0.5) is 0 Å². The minimum absolute atomic E-state index is 0.162. The molecule has 6 heteroatoms. The number of fused-ring (bicyclic) bond motifs is 1. The first-order chi connectivity index (χ1) is 10.9. The third-order valence-corrected chi connectivity index (χ3v) is 5.35. The number of hydrogen-bond donors (Lipinski definition) is 1. The molecule has 0 aromatic heterocycles. The molecule has 0 aliphatic carbocycles. The van der Waals surface area contributed by atoms with Gasteiger partial charge in [0.25, 0.3) is 0 Å². The van der Waals surface area contributed by atoms with Crippen molar-refractivity contribution in [2.24, 2.45) is 0 Å². The fraction of sp³-hybridized carbons (Fsp3) is 0.353. The monoisotopic (exact) mass is 334 g/mol. The number of carbonyl (C=O) groups is 1. The van der Waals surface area contributed by atoms with Gasteiger partial charge in [-0.1, -0.05) is 30.3 Å². The van der Waals surface area contributed by atoms with Gasteiger partial charge in [0.1, 0.15) is 0 Å². The van der Waals surface area contributed by atoms with E-state index in [-0.39, 0.29) is 10.8 Å². The van der Waals surface area contributed by atoms with Crippen LogP contribution in [0, 0.1) is 0 Å². The Hall–Kier alpha value is -1.92. The Kier molecular flexibility index (Phi) is 5.38. The first-order valence-electron chi connectivity index (χ1n) is 7.69. The molecule has 0 bridgehead atoms. The van der Waals surface area contributed by atoms with Gasteiger partial charge in [-0.3, -0.25) is 4.79 Å². The molecule has 0 heterocycles. The summed E-state index contributed by atoms with van der Waals surface area (Å²) in [5, 5.41) is 1.82. The van der Waals surface area contributed by atoms with Crippen molar-refractivity contribution in [3.05, 3.63) is 42.5 Å². The third-order valence-electron chi connectivity index (χ3n) is 3.81. The van der Waals surface area contributed by atoms with Gasteiger partial charge in [0.15, 0.2) is 0 Å². The van der Waals surface area contributed by atoms with Gasteiger partial charge >= 0.3 is 0 Å². The normalized spacial score (nSPS) is 13.0. The molecule has 0 radical (unpaired) electrons. The van der Waals surface area contributed by atoms with E-state index < -0.39 is 16.1 Å². The molecule has 0 aliphatic rings. The Labute approximate surface area is 137 Å². The van der Waals surface area contributed by atoms with Crippen LogP contribution in [0.2, 0.25) is 0 Å². The molecule has 2 aromatic carbocycles. The van der Waals surface area contributed by atoms with Gasteiger partial charge in [-0.05, 0) is 43.7 Å². The average Bonchev–Trinajstić information content (AvgIpc) is 2.55. The summed E-state index contributed by atoms with van der Waals surface area (Å²) >= 11 is 0. The van der Waals surface area contributed by atoms with E-state index >= 15 is 0 Å². The van der Waals surface area contributed by atoms with Crippen molar-refractivity contribution >= 4 is 26.7 Å². The SMILES string of the molecule is CCN(CC)C(=O)[C@@H](C)NS(=O)(=O)c1ccc2ccccc2c1. The Balaban J connectivity index is 2.24. The Bertz CT molecular complexity index is 798. The molecule has 1 N–H and O–H groups in total. The second kappa shape index (κ2) is 7.10. The van der Waals surface area contributed by atoms with Crippen LogP contribution >= 0.6 is 0 Å². The van der Waals surface area contributed by atoms with E-state index in [1.165, 1.54) is 0 Å². The van der Waals surface area contributed by atoms with Crippen molar-refractivity contribution in [2.75, 3.05) is 13.1 Å². The zero-order chi connectivity index (χ0) is 17.0. The predicted octanol–water partition coefficient (Wildman–Crippen LogP) is 2.38. The van der Waals surface area contributed by atoms with Crippen molar-refractivity contribution in [1.29, 1.82) is 0 Å². The quantitative estimate of drug-likeness (QED) is 0.882. The van der Waals surface area contributed by atoms with Gasteiger partial charge in [0.05, 0.1) is 10.9 Å². The standard InChI is InChI=1S/C17H22N2O3S/c1-4-19(5-2)17(20)13(3)18-23(21,22)16-11-10-14-8-6-7-9-15(14)12-16/h6-13,18H,4-5H2,1-3H3/t13-/m1/s1. The smallest absolute Gasteiger partial charge is 0.241 e. The van der Waals surface area contributed by atoms with Gasteiger partial charge in [-0.2, -0.15) is 4.72 Å². The Morgan fingerprint density at radius 1 is 1.09 bits per heavy atom. The number of likely N-dealkylation sites (N-methyl/N-ethyl adjacent to an activating group) is 1. The van der Waals surface area contributed by atoms with Crippen LogP contribution in [0.25, 0.3) is 10.8 Å². The highest BCUT2D eigenvalue weighted by molar-refractivity contribution is 7.89. The lowest BCUT2D eigenvalue weighted by Crippen LogP contribution is -2.46. The number of carbonyl (C=O) groups excluding carboxylic acids is 1. The summed E-state index contributed by atoms with van der Waals surface area (Å²) in [4.78, 5) is 14.0. The van der Waals surface area contributed by atoms with Crippen LogP contribution in [-0.4, -0.2) is 38.4 Å². The van der Waals surface area contributed by atoms with E-state index in [4.69, 9.17) is 0 Å². The highest BCUT2D eigenvalue weighted by Crippen LogP contribution is 2.19. The van der Waals surface area contributed by atoms with Crippen molar-refractivity contribution < 1.29 is 13.2 Å². The summed E-state index contributed by atoms with van der Waals surface area (Å²) < 4.78 is 27.5. The zero-order valence-electron chi connectivity index (χ0n) is 13.6. The van der Waals surface area contributed by atoms with Crippen molar-refractivity contribution in [3.8, 4) is 0 Å². The van der Waals surface area contributed by atoms with Crippen LogP contribution in [-0.2, 0) is 14.8 Å². The van der Waals surface area contributed by atoms with Crippen LogP contribution in [0.3, 0.4) is 0 Å². The molecule has 23 heavy (non-hydrogen) atoms. The zero-order valence-corrected chi connectivity index (χ0v) is 14.4. The van der Waals surface area contributed by atoms with E-state index in [2.05, 4.69) is 4.72 Å². The number of sulfonamides is 1. The van der Waals surface area contributed by atoms with Crippen LogP contribution < -0.4 is 4.72 Å². The number of rotatable bonds is 6. The van der Waals surface area contributed by atoms with E-state index in [1.54, 1.807) is 30.0 Å². The van der Waals surface area contributed by atoms with E-state index in [1.807, 2.05) is 38.1 Å². The first-order valence-corrected chi connectivity index (χ1v) is 9.17. The maximum atomic E-state index is 12.5. The number of nitrogens with zero attached hydrogens (tertiary/aromatic N) is 1. The largest absolute Gasteiger partial charge is 0.342 e. The van der Waals surface area contributed by atoms with E-state index in [0.717, 1.165) is 10.8 Å².